The van der Waals surface area contributed by atoms with E-state index in [0.717, 1.165) is 50.1 Å². The highest BCUT2D eigenvalue weighted by Gasteiger charge is 2.61. The van der Waals surface area contributed by atoms with Crippen LogP contribution < -0.4 is 9.64 Å². The minimum Gasteiger partial charge on any atom is -0.497 e. The number of rotatable bonds is 4. The lowest BCUT2D eigenvalue weighted by Gasteiger charge is -2.62. The van der Waals surface area contributed by atoms with Gasteiger partial charge >= 0.3 is 6.18 Å². The third-order valence-corrected chi connectivity index (χ3v) is 9.18. The topological polar surface area (TPSA) is 45.7 Å². The third-order valence-electron chi connectivity index (χ3n) is 9.18. The Morgan fingerprint density at radius 2 is 1.64 bits per heavy atom. The van der Waals surface area contributed by atoms with E-state index < -0.39 is 11.7 Å². The lowest BCUT2D eigenvalue weighted by atomic mass is 9.42. The van der Waals surface area contributed by atoms with E-state index in [1.165, 1.54) is 18.1 Å². The van der Waals surface area contributed by atoms with E-state index >= 15 is 0 Å². The molecule has 2 unspecified atom stereocenters. The number of benzene rings is 1. The molecule has 36 heavy (non-hydrogen) atoms. The van der Waals surface area contributed by atoms with E-state index in [1.54, 1.807) is 7.11 Å². The summed E-state index contributed by atoms with van der Waals surface area (Å²) >= 11 is 0. The van der Waals surface area contributed by atoms with Gasteiger partial charge in [-0.3, -0.25) is 4.79 Å². The summed E-state index contributed by atoms with van der Waals surface area (Å²) in [4.78, 5) is 22.1. The van der Waals surface area contributed by atoms with Crippen LogP contribution in [0, 0.1) is 17.3 Å². The van der Waals surface area contributed by atoms with E-state index in [9.17, 15) is 18.0 Å². The van der Waals surface area contributed by atoms with Crippen molar-refractivity contribution < 1.29 is 22.7 Å². The fourth-order valence-electron chi connectivity index (χ4n) is 8.01. The first-order valence-corrected chi connectivity index (χ1v) is 12.9. The molecule has 8 heteroatoms. The van der Waals surface area contributed by atoms with Crippen molar-refractivity contribution in [1.82, 2.24) is 9.88 Å². The van der Waals surface area contributed by atoms with Crippen LogP contribution in [0.2, 0.25) is 0 Å². The van der Waals surface area contributed by atoms with Crippen molar-refractivity contribution in [2.24, 2.45) is 17.3 Å². The highest BCUT2D eigenvalue weighted by molar-refractivity contribution is 5.84. The van der Waals surface area contributed by atoms with E-state index in [0.29, 0.717) is 43.8 Å². The molecular weight excluding hydrogens is 467 g/mol. The fraction of sp³-hybridized carbons (Fsp3) is 0.571. The Hall–Kier alpha value is -2.77. The molecule has 5 fully saturated rings. The number of alkyl halides is 3. The number of halogens is 3. The zero-order chi connectivity index (χ0) is 25.1. The maximum atomic E-state index is 14.1. The van der Waals surface area contributed by atoms with Crippen LogP contribution in [0.15, 0.2) is 42.6 Å². The minimum absolute atomic E-state index is 0.0674. The second-order valence-corrected chi connectivity index (χ2v) is 11.4. The smallest absolute Gasteiger partial charge is 0.417 e. The van der Waals surface area contributed by atoms with Crippen LogP contribution in [-0.4, -0.2) is 49.1 Å². The zero-order valence-electron chi connectivity index (χ0n) is 20.6. The summed E-state index contributed by atoms with van der Waals surface area (Å²) in [7, 11) is 1.68. The third kappa shape index (κ3) is 3.93. The van der Waals surface area contributed by atoms with E-state index in [-0.39, 0.29) is 16.7 Å². The average molecular weight is 500 g/mol. The molecule has 1 saturated heterocycles. The second kappa shape index (κ2) is 8.38. The van der Waals surface area contributed by atoms with Crippen LogP contribution in [0.25, 0.3) is 0 Å². The molecule has 0 spiro atoms. The molecule has 2 atom stereocenters. The van der Waals surface area contributed by atoms with Gasteiger partial charge in [-0.1, -0.05) is 12.1 Å². The number of ether oxygens (including phenoxy) is 1. The number of hydrogen-bond acceptors (Lipinski definition) is 4. The highest BCUT2D eigenvalue weighted by atomic mass is 19.4. The second-order valence-electron chi connectivity index (χ2n) is 11.4. The van der Waals surface area contributed by atoms with Gasteiger partial charge in [0.05, 0.1) is 18.1 Å². The number of hydrogen-bond donors (Lipinski definition) is 0. The summed E-state index contributed by atoms with van der Waals surface area (Å²) in [6, 6.07) is 11.0. The van der Waals surface area contributed by atoms with Gasteiger partial charge in [-0.15, -0.1) is 0 Å². The summed E-state index contributed by atoms with van der Waals surface area (Å²) < 4.78 is 44.0. The highest BCUT2D eigenvalue weighted by Crippen LogP contribution is 2.66. The first-order chi connectivity index (χ1) is 17.2. The van der Waals surface area contributed by atoms with Crippen LogP contribution >= 0.6 is 0 Å². The molecule has 4 aliphatic carbocycles. The van der Waals surface area contributed by atoms with Crippen molar-refractivity contribution >= 4 is 11.7 Å². The maximum Gasteiger partial charge on any atom is 0.417 e. The largest absolute Gasteiger partial charge is 0.497 e. The molecule has 1 aromatic heterocycles. The van der Waals surface area contributed by atoms with E-state index in [4.69, 9.17) is 4.74 Å². The van der Waals surface area contributed by atoms with Crippen molar-refractivity contribution in [3.63, 3.8) is 0 Å². The van der Waals surface area contributed by atoms with Gasteiger partial charge in [0.2, 0.25) is 5.91 Å². The summed E-state index contributed by atoms with van der Waals surface area (Å²) in [5.41, 5.74) is 0.372. The molecular formula is C28H32F3N3O2. The van der Waals surface area contributed by atoms with Gasteiger partial charge in [-0.05, 0) is 85.6 Å². The number of pyridine rings is 1. The van der Waals surface area contributed by atoms with Gasteiger partial charge in [-0.25, -0.2) is 4.98 Å². The van der Waals surface area contributed by atoms with Crippen molar-refractivity contribution in [2.75, 3.05) is 38.2 Å². The minimum atomic E-state index is -4.39. The standard InChI is InChI=1S/C28H32F3N3O2/c1-36-23-5-2-21(3-6-23)26-13-19-12-20(14-26)16-27(15-19,18-26)25(35)34-10-8-33(9-11-34)24-7-4-22(17-32-24)28(29,30)31/h2-7,17,19-20H,8-16,18H2,1H3. The number of carbonyl (C=O) groups is 1. The van der Waals surface area contributed by atoms with Gasteiger partial charge in [0.1, 0.15) is 11.6 Å². The van der Waals surface area contributed by atoms with E-state index in [1.807, 2.05) is 21.9 Å². The zero-order valence-corrected chi connectivity index (χ0v) is 20.6. The van der Waals surface area contributed by atoms with Crippen molar-refractivity contribution in [1.29, 1.82) is 0 Å². The number of nitrogens with zero attached hydrogens (tertiary/aromatic N) is 3. The number of anilines is 1. The Balaban J connectivity index is 1.17. The van der Waals surface area contributed by atoms with Crippen LogP contribution in [-0.2, 0) is 16.4 Å². The van der Waals surface area contributed by atoms with Crippen molar-refractivity contribution in [2.45, 2.75) is 50.1 Å². The van der Waals surface area contributed by atoms with E-state index in [2.05, 4.69) is 17.1 Å². The molecule has 7 rings (SSSR count). The summed E-state index contributed by atoms with van der Waals surface area (Å²) in [6.07, 6.45) is 2.95. The SMILES string of the molecule is COc1ccc(C23CC4CC(CC(C(=O)N5CCN(c6ccc(C(F)(F)F)cn6)CC5)(C4)C2)C3)cc1. The molecule has 2 heterocycles. The molecule has 2 aromatic rings. The fourth-order valence-corrected chi connectivity index (χ4v) is 8.01. The molecule has 0 radical (unpaired) electrons. The number of amides is 1. The molecule has 1 aromatic carbocycles. The predicted molar refractivity (Wildman–Crippen MR) is 130 cm³/mol. The van der Waals surface area contributed by atoms with Gasteiger partial charge in [0.25, 0.3) is 0 Å². The quantitative estimate of drug-likeness (QED) is 0.573. The molecule has 1 aliphatic heterocycles. The first kappa shape index (κ1) is 23.6. The molecule has 1 amide bonds. The van der Waals surface area contributed by atoms with Crippen molar-refractivity contribution in [3.05, 3.63) is 53.7 Å². The molecule has 4 bridgehead atoms. The Morgan fingerprint density at radius 1 is 0.972 bits per heavy atom. The monoisotopic (exact) mass is 499 g/mol. The molecule has 0 N–H and O–H groups in total. The lowest BCUT2D eigenvalue weighted by molar-refractivity contribution is -0.160. The summed E-state index contributed by atoms with van der Waals surface area (Å²) in [5.74, 6) is 2.86. The van der Waals surface area contributed by atoms with Gasteiger partial charge < -0.3 is 14.5 Å². The summed E-state index contributed by atoms with van der Waals surface area (Å²) in [6.45, 7) is 2.32. The van der Waals surface area contributed by atoms with Crippen molar-refractivity contribution in [3.8, 4) is 5.75 Å². The van der Waals surface area contributed by atoms with Gasteiger partial charge in [0, 0.05) is 32.4 Å². The van der Waals surface area contributed by atoms with Crippen LogP contribution in [0.4, 0.5) is 19.0 Å². The predicted octanol–water partition coefficient (Wildman–Crippen LogP) is 5.30. The molecule has 192 valence electrons. The molecule has 5 aliphatic rings. The van der Waals surface area contributed by atoms with Crippen LogP contribution in [0.1, 0.15) is 49.7 Å². The summed E-state index contributed by atoms with van der Waals surface area (Å²) in [5, 5.41) is 0. The number of carbonyl (C=O) groups excluding carboxylic acids is 1. The Kier molecular flexibility index (Phi) is 5.50. The van der Waals surface area contributed by atoms with Gasteiger partial charge in [-0.2, -0.15) is 13.2 Å². The average Bonchev–Trinajstić information content (AvgIpc) is 2.87. The number of methoxy groups -OCH3 is 1. The molecule has 4 saturated carbocycles. The Bertz CT molecular complexity index is 1110. The number of piperazine rings is 1. The first-order valence-electron chi connectivity index (χ1n) is 12.9. The maximum absolute atomic E-state index is 14.1. The van der Waals surface area contributed by atoms with Crippen LogP contribution in [0.5, 0.6) is 5.75 Å². The molecule has 5 nitrogen and oxygen atoms in total. The van der Waals surface area contributed by atoms with Crippen LogP contribution in [0.3, 0.4) is 0 Å². The Labute approximate surface area is 209 Å². The lowest BCUT2D eigenvalue weighted by Crippen LogP contribution is -2.61. The normalized spacial score (nSPS) is 31.6. The van der Waals surface area contributed by atoms with Gasteiger partial charge in [0.15, 0.2) is 0 Å². The number of aromatic nitrogens is 1. The Morgan fingerprint density at radius 3 is 2.19 bits per heavy atom.